The van der Waals surface area contributed by atoms with Crippen LogP contribution in [0, 0.1) is 46.5 Å². The predicted octanol–water partition coefficient (Wildman–Crippen LogP) is 7.63. The summed E-state index contributed by atoms with van der Waals surface area (Å²) in [5.74, 6) is -1.07. The fourth-order valence-electron chi connectivity index (χ4n) is 6.03. The van der Waals surface area contributed by atoms with Gasteiger partial charge in [-0.25, -0.2) is 4.39 Å². The Hall–Kier alpha value is -4.49. The number of anilines is 1. The monoisotopic (exact) mass is 644 g/mol. The molecule has 1 atom stereocenters. The van der Waals surface area contributed by atoms with E-state index in [1.54, 1.807) is 0 Å². The Balaban J connectivity index is 1.70. The Morgan fingerprint density at radius 2 is 1.86 bits per heavy atom. The number of nitro benzene ring substituents is 1. The number of nitrogens with zero attached hydrogens (tertiary/aromatic N) is 3. The number of carbonyl (C=O) groups is 1. The summed E-state index contributed by atoms with van der Waals surface area (Å²) in [6.45, 7) is 8.00. The SMILES string of the molecule is Cc1cc(COc2ccc(Br)cc2)c(C)c(C2C(C#N)=C(N)N(c3ccc(F)cc3[N+](=O)[O-])C3=C2C(=O)CC(C)(C)C3)c1. The number of ketones is 1. The summed E-state index contributed by atoms with van der Waals surface area (Å²) in [7, 11) is 0. The number of allylic oxidation sites excluding steroid dienone is 3. The van der Waals surface area contributed by atoms with Crippen molar-refractivity contribution in [1.82, 2.24) is 0 Å². The lowest BCUT2D eigenvalue weighted by atomic mass is 9.68. The number of carbonyl (C=O) groups excluding carboxylic acids is 1. The van der Waals surface area contributed by atoms with Crippen molar-refractivity contribution in [3.8, 4) is 11.8 Å². The number of aryl methyl sites for hydroxylation is 1. The number of halogens is 2. The van der Waals surface area contributed by atoms with E-state index >= 15 is 0 Å². The molecule has 0 amide bonds. The maximum atomic E-state index is 14.1. The molecule has 220 valence electrons. The first-order valence-electron chi connectivity index (χ1n) is 13.7. The Morgan fingerprint density at radius 1 is 1.16 bits per heavy atom. The maximum Gasteiger partial charge on any atom is 0.296 e. The van der Waals surface area contributed by atoms with Crippen molar-refractivity contribution < 1.29 is 18.8 Å². The average molecular weight is 646 g/mol. The van der Waals surface area contributed by atoms with Crippen LogP contribution in [0.25, 0.3) is 0 Å². The Bertz CT molecular complexity index is 1770. The summed E-state index contributed by atoms with van der Waals surface area (Å²) < 4.78 is 21.1. The quantitative estimate of drug-likeness (QED) is 0.216. The summed E-state index contributed by atoms with van der Waals surface area (Å²) >= 11 is 3.42. The van der Waals surface area contributed by atoms with Gasteiger partial charge >= 0.3 is 0 Å². The van der Waals surface area contributed by atoms with Crippen LogP contribution in [-0.4, -0.2) is 10.7 Å². The van der Waals surface area contributed by atoms with E-state index in [-0.39, 0.29) is 35.9 Å². The number of nitrogens with two attached hydrogens (primary N) is 1. The zero-order valence-corrected chi connectivity index (χ0v) is 25.8. The summed E-state index contributed by atoms with van der Waals surface area (Å²) in [6.07, 6.45) is 0.591. The van der Waals surface area contributed by atoms with Crippen molar-refractivity contribution in [2.45, 2.75) is 53.1 Å². The largest absolute Gasteiger partial charge is 0.489 e. The van der Waals surface area contributed by atoms with Gasteiger partial charge in [-0.05, 0) is 78.8 Å². The van der Waals surface area contributed by atoms with Gasteiger partial charge in [0.15, 0.2) is 5.78 Å². The van der Waals surface area contributed by atoms with Crippen LogP contribution in [-0.2, 0) is 11.4 Å². The second-order valence-corrected chi connectivity index (χ2v) is 12.7. The Morgan fingerprint density at radius 3 is 2.51 bits per heavy atom. The number of rotatable bonds is 6. The van der Waals surface area contributed by atoms with Gasteiger partial charge in [-0.3, -0.25) is 19.8 Å². The van der Waals surface area contributed by atoms with Crippen molar-refractivity contribution in [2.75, 3.05) is 4.90 Å². The number of Topliss-reactive ketones (excluding diaryl/α,β-unsaturated/α-hetero) is 1. The summed E-state index contributed by atoms with van der Waals surface area (Å²) in [5.41, 5.74) is 10.0. The number of benzene rings is 3. The highest BCUT2D eigenvalue weighted by Crippen LogP contribution is 2.52. The van der Waals surface area contributed by atoms with E-state index in [0.717, 1.165) is 38.9 Å². The lowest BCUT2D eigenvalue weighted by Crippen LogP contribution is -2.42. The first kappa shape index (κ1) is 30.0. The van der Waals surface area contributed by atoms with Crippen molar-refractivity contribution >= 4 is 33.1 Å². The van der Waals surface area contributed by atoms with Gasteiger partial charge in [0.05, 0.1) is 28.5 Å². The molecule has 0 bridgehead atoms. The lowest BCUT2D eigenvalue weighted by Gasteiger charge is -2.43. The molecule has 2 N–H and O–H groups in total. The smallest absolute Gasteiger partial charge is 0.296 e. The minimum atomic E-state index is -0.786. The molecular weight excluding hydrogens is 615 g/mol. The summed E-state index contributed by atoms with van der Waals surface area (Å²) in [5, 5.41) is 22.5. The van der Waals surface area contributed by atoms with Crippen molar-refractivity contribution in [3.05, 3.63) is 120 Å². The molecule has 0 spiro atoms. The minimum Gasteiger partial charge on any atom is -0.489 e. The van der Waals surface area contributed by atoms with Gasteiger partial charge in [-0.2, -0.15) is 5.26 Å². The van der Waals surface area contributed by atoms with Gasteiger partial charge < -0.3 is 10.5 Å². The van der Waals surface area contributed by atoms with Gasteiger partial charge in [0.2, 0.25) is 0 Å². The van der Waals surface area contributed by atoms with Gasteiger partial charge in [0.25, 0.3) is 5.69 Å². The molecule has 1 unspecified atom stereocenters. The molecule has 1 heterocycles. The van der Waals surface area contributed by atoms with E-state index in [1.807, 2.05) is 64.1 Å². The fourth-order valence-corrected chi connectivity index (χ4v) is 6.30. The number of hydrogen-bond donors (Lipinski definition) is 1. The molecule has 2 aliphatic rings. The van der Waals surface area contributed by atoms with E-state index in [2.05, 4.69) is 22.0 Å². The third-order valence-corrected chi connectivity index (χ3v) is 8.50. The molecule has 0 saturated heterocycles. The Kier molecular flexibility index (Phi) is 7.88. The molecule has 8 nitrogen and oxygen atoms in total. The van der Waals surface area contributed by atoms with Crippen LogP contribution in [0.2, 0.25) is 0 Å². The highest BCUT2D eigenvalue weighted by molar-refractivity contribution is 9.10. The number of ether oxygens (including phenoxy) is 1. The van der Waals surface area contributed by atoms with Crippen molar-refractivity contribution in [3.63, 3.8) is 0 Å². The van der Waals surface area contributed by atoms with E-state index in [1.165, 1.54) is 11.0 Å². The van der Waals surface area contributed by atoms with Crippen molar-refractivity contribution in [1.29, 1.82) is 5.26 Å². The van der Waals surface area contributed by atoms with Crippen molar-refractivity contribution in [2.24, 2.45) is 11.1 Å². The summed E-state index contributed by atoms with van der Waals surface area (Å²) in [4.78, 5) is 26.7. The van der Waals surface area contributed by atoms with Gasteiger partial charge in [0.1, 0.15) is 29.7 Å². The molecule has 3 aromatic rings. The van der Waals surface area contributed by atoms with Gasteiger partial charge in [-0.15, -0.1) is 0 Å². The average Bonchev–Trinajstić information content (AvgIpc) is 2.93. The first-order chi connectivity index (χ1) is 20.3. The second kappa shape index (κ2) is 11.3. The molecule has 1 aliphatic carbocycles. The molecule has 10 heteroatoms. The van der Waals surface area contributed by atoms with Crippen LogP contribution in [0.5, 0.6) is 5.75 Å². The maximum absolute atomic E-state index is 14.1. The van der Waals surface area contributed by atoms with Crippen LogP contribution in [0.4, 0.5) is 15.8 Å². The van der Waals surface area contributed by atoms with Crippen LogP contribution in [0.3, 0.4) is 0 Å². The molecule has 0 fully saturated rings. The second-order valence-electron chi connectivity index (χ2n) is 11.8. The molecule has 0 radical (unpaired) electrons. The van der Waals surface area contributed by atoms with E-state index in [9.17, 15) is 24.6 Å². The van der Waals surface area contributed by atoms with Crippen LogP contribution < -0.4 is 15.4 Å². The highest BCUT2D eigenvalue weighted by Gasteiger charge is 2.46. The zero-order chi connectivity index (χ0) is 31.2. The fraction of sp³-hybridized carbons (Fsp3) is 0.273. The van der Waals surface area contributed by atoms with Gasteiger partial charge in [-0.1, -0.05) is 47.5 Å². The van der Waals surface area contributed by atoms with E-state index in [0.29, 0.717) is 23.4 Å². The molecule has 5 rings (SSSR count). The standard InChI is InChI=1S/C33H30BrFN4O4/c1-18-11-20(17-43-23-8-5-21(34)6-9-23)19(2)24(12-18)30-25(16-36)32(37)38(26-10-7-22(35)13-27(26)39(41)42)28-14-33(3,4)15-29(40)31(28)30/h5-13,30H,14-15,17,37H2,1-4H3. The first-order valence-corrected chi connectivity index (χ1v) is 14.5. The molecule has 0 saturated carbocycles. The lowest BCUT2D eigenvalue weighted by molar-refractivity contribution is -0.384. The van der Waals surface area contributed by atoms with Crippen LogP contribution >= 0.6 is 15.9 Å². The molecule has 0 aromatic heterocycles. The van der Waals surface area contributed by atoms with E-state index < -0.39 is 27.8 Å². The molecule has 43 heavy (non-hydrogen) atoms. The van der Waals surface area contributed by atoms with Crippen LogP contribution in [0.1, 0.15) is 54.9 Å². The Labute approximate surface area is 257 Å². The third kappa shape index (κ3) is 5.65. The minimum absolute atomic E-state index is 0.00217. The van der Waals surface area contributed by atoms with Gasteiger partial charge in [0, 0.05) is 22.2 Å². The third-order valence-electron chi connectivity index (χ3n) is 7.97. The summed E-state index contributed by atoms with van der Waals surface area (Å²) in [6, 6.07) is 16.8. The molecule has 3 aromatic carbocycles. The van der Waals surface area contributed by atoms with E-state index in [4.69, 9.17) is 10.5 Å². The molecular formula is C33H30BrFN4O4. The number of hydrogen-bond acceptors (Lipinski definition) is 7. The predicted molar refractivity (Wildman–Crippen MR) is 165 cm³/mol. The normalized spacial score (nSPS) is 17.9. The highest BCUT2D eigenvalue weighted by atomic mass is 79.9. The molecule has 1 aliphatic heterocycles. The number of nitro groups is 1. The topological polar surface area (TPSA) is 122 Å². The zero-order valence-electron chi connectivity index (χ0n) is 24.2. The van der Waals surface area contributed by atoms with Crippen LogP contribution in [0.15, 0.2) is 81.7 Å². The number of nitriles is 1.